The molecule has 0 radical (unpaired) electrons. The van der Waals surface area contributed by atoms with Crippen molar-refractivity contribution in [2.75, 3.05) is 24.2 Å². The molecule has 19 heavy (non-hydrogen) atoms. The number of nitrogen functional groups attached to an aromatic ring is 1. The van der Waals surface area contributed by atoms with E-state index in [0.29, 0.717) is 17.6 Å². The fraction of sp³-hybridized carbons (Fsp3) is 0.692. The van der Waals surface area contributed by atoms with E-state index in [2.05, 4.69) is 16.6 Å². The van der Waals surface area contributed by atoms with Crippen molar-refractivity contribution < 1.29 is 9.53 Å². The molecule has 0 aromatic carbocycles. The molecule has 106 valence electrons. The SMILES string of the molecule is CCOC(=O)c1c(N)nsc1NCC1(C)CCCC1. The first-order valence-electron chi connectivity index (χ1n) is 6.72. The van der Waals surface area contributed by atoms with Crippen LogP contribution in [0.5, 0.6) is 0 Å². The van der Waals surface area contributed by atoms with Gasteiger partial charge in [0.1, 0.15) is 10.6 Å². The predicted molar refractivity (Wildman–Crippen MR) is 77.5 cm³/mol. The summed E-state index contributed by atoms with van der Waals surface area (Å²) in [5.41, 5.74) is 6.44. The first kappa shape index (κ1) is 14.1. The van der Waals surface area contributed by atoms with Gasteiger partial charge in [-0.15, -0.1) is 0 Å². The second-order valence-corrected chi connectivity index (χ2v) is 6.14. The molecule has 3 N–H and O–H groups in total. The lowest BCUT2D eigenvalue weighted by Crippen LogP contribution is -2.23. The molecule has 2 rings (SSSR count). The number of carbonyl (C=O) groups excluding carboxylic acids is 1. The normalized spacial score (nSPS) is 17.4. The average Bonchev–Trinajstić information content (AvgIpc) is 2.94. The molecule has 1 aromatic rings. The summed E-state index contributed by atoms with van der Waals surface area (Å²) in [6, 6.07) is 0. The van der Waals surface area contributed by atoms with Crippen LogP contribution in [0, 0.1) is 5.41 Å². The molecule has 1 aliphatic rings. The van der Waals surface area contributed by atoms with Crippen molar-refractivity contribution in [3.63, 3.8) is 0 Å². The largest absolute Gasteiger partial charge is 0.462 e. The number of rotatable bonds is 5. The van der Waals surface area contributed by atoms with Crippen molar-refractivity contribution in [2.45, 2.75) is 39.5 Å². The Morgan fingerprint density at radius 3 is 2.84 bits per heavy atom. The fourth-order valence-corrected chi connectivity index (χ4v) is 3.22. The summed E-state index contributed by atoms with van der Waals surface area (Å²) < 4.78 is 9.06. The zero-order valence-electron chi connectivity index (χ0n) is 11.5. The van der Waals surface area contributed by atoms with Crippen LogP contribution < -0.4 is 11.1 Å². The van der Waals surface area contributed by atoms with Crippen LogP contribution in [-0.2, 0) is 4.74 Å². The molecule has 0 bridgehead atoms. The Morgan fingerprint density at radius 2 is 2.21 bits per heavy atom. The molecule has 0 saturated heterocycles. The second-order valence-electron chi connectivity index (χ2n) is 5.36. The van der Waals surface area contributed by atoms with Crippen LogP contribution in [0.15, 0.2) is 0 Å². The summed E-state index contributed by atoms with van der Waals surface area (Å²) in [6.45, 7) is 5.24. The van der Waals surface area contributed by atoms with Gasteiger partial charge in [-0.25, -0.2) is 4.79 Å². The Kier molecular flexibility index (Phi) is 4.29. The van der Waals surface area contributed by atoms with E-state index >= 15 is 0 Å². The Morgan fingerprint density at radius 1 is 1.53 bits per heavy atom. The summed E-state index contributed by atoms with van der Waals surface area (Å²) in [5.74, 6) is -0.143. The number of nitrogens with two attached hydrogens (primary N) is 1. The summed E-state index contributed by atoms with van der Waals surface area (Å²) in [4.78, 5) is 11.8. The zero-order valence-corrected chi connectivity index (χ0v) is 12.3. The molecule has 1 saturated carbocycles. The van der Waals surface area contributed by atoms with E-state index < -0.39 is 5.97 Å². The van der Waals surface area contributed by atoms with E-state index in [1.807, 2.05) is 0 Å². The highest BCUT2D eigenvalue weighted by molar-refractivity contribution is 7.11. The van der Waals surface area contributed by atoms with Crippen LogP contribution in [0.1, 0.15) is 49.9 Å². The molecule has 1 heterocycles. The van der Waals surface area contributed by atoms with Gasteiger partial charge in [-0.2, -0.15) is 4.37 Å². The monoisotopic (exact) mass is 283 g/mol. The maximum Gasteiger partial charge on any atom is 0.344 e. The minimum absolute atomic E-state index is 0.252. The molecule has 1 aliphatic carbocycles. The zero-order chi connectivity index (χ0) is 13.9. The van der Waals surface area contributed by atoms with Gasteiger partial charge in [0.05, 0.1) is 6.61 Å². The van der Waals surface area contributed by atoms with Crippen molar-refractivity contribution in [1.29, 1.82) is 0 Å². The van der Waals surface area contributed by atoms with Gasteiger partial charge in [0.2, 0.25) is 0 Å². The van der Waals surface area contributed by atoms with Crippen LogP contribution in [0.4, 0.5) is 10.8 Å². The van der Waals surface area contributed by atoms with Gasteiger partial charge in [-0.05, 0) is 36.7 Å². The lowest BCUT2D eigenvalue weighted by Gasteiger charge is -2.23. The fourth-order valence-electron chi connectivity index (χ4n) is 2.52. The molecule has 0 unspecified atom stereocenters. The van der Waals surface area contributed by atoms with Crippen LogP contribution in [0.3, 0.4) is 0 Å². The highest BCUT2D eigenvalue weighted by Crippen LogP contribution is 2.38. The van der Waals surface area contributed by atoms with Crippen molar-refractivity contribution >= 4 is 28.3 Å². The minimum atomic E-state index is -0.396. The number of ether oxygens (including phenoxy) is 1. The number of hydrogen-bond acceptors (Lipinski definition) is 6. The summed E-state index contributed by atoms with van der Waals surface area (Å²) in [6.07, 6.45) is 5.02. The van der Waals surface area contributed by atoms with E-state index in [1.54, 1.807) is 6.92 Å². The van der Waals surface area contributed by atoms with E-state index in [1.165, 1.54) is 37.2 Å². The molecular formula is C13H21N3O2S. The number of nitrogens with zero attached hydrogens (tertiary/aromatic N) is 1. The number of hydrogen-bond donors (Lipinski definition) is 2. The van der Waals surface area contributed by atoms with Crippen LogP contribution >= 0.6 is 11.5 Å². The van der Waals surface area contributed by atoms with Gasteiger partial charge in [0.25, 0.3) is 0 Å². The van der Waals surface area contributed by atoms with Crippen molar-refractivity contribution in [3.8, 4) is 0 Å². The molecule has 1 fully saturated rings. The average molecular weight is 283 g/mol. The van der Waals surface area contributed by atoms with Gasteiger partial charge in [0.15, 0.2) is 5.82 Å². The van der Waals surface area contributed by atoms with E-state index in [4.69, 9.17) is 10.5 Å². The number of esters is 1. The third-order valence-electron chi connectivity index (χ3n) is 3.68. The van der Waals surface area contributed by atoms with Gasteiger partial charge in [-0.1, -0.05) is 19.8 Å². The van der Waals surface area contributed by atoms with Gasteiger partial charge >= 0.3 is 5.97 Å². The summed E-state index contributed by atoms with van der Waals surface area (Å²) in [5, 5.41) is 4.06. The quantitative estimate of drug-likeness (QED) is 0.812. The van der Waals surface area contributed by atoms with E-state index in [-0.39, 0.29) is 5.82 Å². The first-order chi connectivity index (χ1) is 9.06. The highest BCUT2D eigenvalue weighted by Gasteiger charge is 2.29. The highest BCUT2D eigenvalue weighted by atomic mass is 32.1. The van der Waals surface area contributed by atoms with Crippen molar-refractivity contribution in [3.05, 3.63) is 5.56 Å². The number of carbonyl (C=O) groups is 1. The Bertz CT molecular complexity index is 453. The topological polar surface area (TPSA) is 77.2 Å². The molecule has 0 atom stereocenters. The Labute approximate surface area is 117 Å². The van der Waals surface area contributed by atoms with E-state index in [0.717, 1.165) is 11.5 Å². The number of nitrogens with one attached hydrogen (secondary N) is 1. The third-order valence-corrected chi connectivity index (χ3v) is 4.50. The van der Waals surface area contributed by atoms with Crippen LogP contribution in [0.2, 0.25) is 0 Å². The third kappa shape index (κ3) is 3.18. The smallest absolute Gasteiger partial charge is 0.344 e. The van der Waals surface area contributed by atoms with Crippen molar-refractivity contribution in [2.24, 2.45) is 5.41 Å². The molecule has 5 nitrogen and oxygen atoms in total. The predicted octanol–water partition coefficient (Wildman–Crippen LogP) is 2.89. The van der Waals surface area contributed by atoms with Gasteiger partial charge in [-0.3, -0.25) is 0 Å². The maximum atomic E-state index is 11.8. The van der Waals surface area contributed by atoms with Crippen LogP contribution in [-0.4, -0.2) is 23.5 Å². The summed E-state index contributed by atoms with van der Waals surface area (Å²) >= 11 is 1.23. The first-order valence-corrected chi connectivity index (χ1v) is 7.49. The Balaban J connectivity index is 2.06. The number of aromatic nitrogens is 1. The lowest BCUT2D eigenvalue weighted by molar-refractivity contribution is 0.0529. The molecule has 6 heteroatoms. The standard InChI is InChI=1S/C13H21N3O2S/c1-3-18-12(17)9-10(14)16-19-11(9)15-8-13(2)6-4-5-7-13/h15H,3-8H2,1-2H3,(H2,14,16). The second kappa shape index (κ2) is 5.77. The molecule has 0 amide bonds. The molecule has 0 spiro atoms. The molecule has 1 aromatic heterocycles. The maximum absolute atomic E-state index is 11.8. The number of anilines is 2. The Hall–Kier alpha value is -1.30. The minimum Gasteiger partial charge on any atom is -0.462 e. The van der Waals surface area contributed by atoms with Crippen molar-refractivity contribution in [1.82, 2.24) is 4.37 Å². The van der Waals surface area contributed by atoms with Gasteiger partial charge in [0, 0.05) is 6.54 Å². The van der Waals surface area contributed by atoms with Gasteiger partial charge < -0.3 is 15.8 Å². The lowest BCUT2D eigenvalue weighted by atomic mass is 9.89. The molecule has 0 aliphatic heterocycles. The van der Waals surface area contributed by atoms with Crippen LogP contribution in [0.25, 0.3) is 0 Å². The summed E-state index contributed by atoms with van der Waals surface area (Å²) in [7, 11) is 0. The molecular weight excluding hydrogens is 262 g/mol. The van der Waals surface area contributed by atoms with E-state index in [9.17, 15) is 4.79 Å².